The van der Waals surface area contributed by atoms with Crippen LogP contribution >= 0.6 is 11.8 Å². The molecule has 27 heavy (non-hydrogen) atoms. The summed E-state index contributed by atoms with van der Waals surface area (Å²) in [5.41, 5.74) is -0.524. The lowest BCUT2D eigenvalue weighted by Crippen LogP contribution is -2.04. The smallest absolute Gasteiger partial charge is 0.338 e. The summed E-state index contributed by atoms with van der Waals surface area (Å²) < 4.78 is 45.7. The molecule has 3 aromatic rings. The Labute approximate surface area is 157 Å². The van der Waals surface area contributed by atoms with Crippen LogP contribution < -0.4 is 0 Å². The maximum Gasteiger partial charge on any atom is 0.416 e. The van der Waals surface area contributed by atoms with Crippen molar-refractivity contribution < 1.29 is 17.7 Å². The molecule has 0 saturated heterocycles. The van der Waals surface area contributed by atoms with E-state index in [0.717, 1.165) is 18.0 Å². The van der Waals surface area contributed by atoms with E-state index in [4.69, 9.17) is 4.52 Å². The number of alkyl halides is 3. The highest BCUT2D eigenvalue weighted by molar-refractivity contribution is 7.99. The molecule has 10 heteroatoms. The lowest BCUT2D eigenvalue weighted by molar-refractivity contribution is -0.137. The predicted octanol–water partition coefficient (Wildman–Crippen LogP) is 4.69. The highest BCUT2D eigenvalue weighted by atomic mass is 32.2. The second-order valence-electron chi connectivity index (χ2n) is 5.72. The van der Waals surface area contributed by atoms with Crippen LogP contribution in [0.15, 0.2) is 46.6 Å². The first-order chi connectivity index (χ1) is 12.8. The summed E-state index contributed by atoms with van der Waals surface area (Å²) in [4.78, 5) is 4.24. The van der Waals surface area contributed by atoms with Gasteiger partial charge in [-0.2, -0.15) is 18.2 Å². The molecule has 6 nitrogen and oxygen atoms in total. The van der Waals surface area contributed by atoms with Crippen molar-refractivity contribution in [2.45, 2.75) is 37.0 Å². The molecule has 0 aliphatic carbocycles. The van der Waals surface area contributed by atoms with Gasteiger partial charge in [0.2, 0.25) is 11.7 Å². The number of halogens is 3. The zero-order valence-corrected chi connectivity index (χ0v) is 15.4. The molecular formula is C17H16F3N5OS. The second kappa shape index (κ2) is 7.55. The summed E-state index contributed by atoms with van der Waals surface area (Å²) in [6, 6.07) is 4.81. The number of hydrogen-bond donors (Lipinski definition) is 0. The Morgan fingerprint density at radius 3 is 2.81 bits per heavy atom. The quantitative estimate of drug-likeness (QED) is 0.445. The van der Waals surface area contributed by atoms with Crippen LogP contribution in [-0.4, -0.2) is 24.9 Å². The van der Waals surface area contributed by atoms with Crippen LogP contribution in [0.5, 0.6) is 0 Å². The lowest BCUT2D eigenvalue weighted by Gasteiger charge is -2.08. The van der Waals surface area contributed by atoms with Crippen molar-refractivity contribution in [3.8, 4) is 11.4 Å². The molecule has 2 heterocycles. The summed E-state index contributed by atoms with van der Waals surface area (Å²) in [5, 5.41) is 12.4. The van der Waals surface area contributed by atoms with Crippen LogP contribution in [0, 0.1) is 6.92 Å². The minimum atomic E-state index is -4.43. The van der Waals surface area contributed by atoms with Gasteiger partial charge in [0, 0.05) is 12.1 Å². The van der Waals surface area contributed by atoms with E-state index < -0.39 is 11.7 Å². The Balaban J connectivity index is 1.81. The van der Waals surface area contributed by atoms with Gasteiger partial charge in [-0.05, 0) is 26.0 Å². The minimum Gasteiger partial charge on any atom is -0.338 e. The van der Waals surface area contributed by atoms with Crippen LogP contribution in [0.4, 0.5) is 13.2 Å². The lowest BCUT2D eigenvalue weighted by atomic mass is 10.1. The van der Waals surface area contributed by atoms with Crippen LogP contribution in [0.3, 0.4) is 0 Å². The van der Waals surface area contributed by atoms with Crippen LogP contribution in [0.25, 0.3) is 11.4 Å². The van der Waals surface area contributed by atoms with Gasteiger partial charge in [-0.3, -0.25) is 0 Å². The van der Waals surface area contributed by atoms with Gasteiger partial charge >= 0.3 is 6.18 Å². The maximum absolute atomic E-state index is 12.9. The van der Waals surface area contributed by atoms with E-state index in [1.165, 1.54) is 23.9 Å². The molecule has 0 saturated carbocycles. The molecule has 0 spiro atoms. The molecule has 1 aromatic carbocycles. The average molecular weight is 395 g/mol. The van der Waals surface area contributed by atoms with E-state index in [0.29, 0.717) is 17.6 Å². The van der Waals surface area contributed by atoms with Crippen molar-refractivity contribution in [1.82, 2.24) is 24.9 Å². The molecule has 0 fully saturated rings. The van der Waals surface area contributed by atoms with E-state index in [2.05, 4.69) is 26.9 Å². The Morgan fingerprint density at radius 1 is 1.33 bits per heavy atom. The summed E-state index contributed by atoms with van der Waals surface area (Å²) in [5.74, 6) is 1.14. The third-order valence-corrected chi connectivity index (χ3v) is 4.80. The Morgan fingerprint density at radius 2 is 2.11 bits per heavy atom. The summed E-state index contributed by atoms with van der Waals surface area (Å²) in [6.07, 6.45) is -2.69. The van der Waals surface area contributed by atoms with Gasteiger partial charge in [-0.25, -0.2) is 0 Å². The number of benzene rings is 1. The molecule has 2 aromatic heterocycles. The number of allylic oxidation sites excluding steroid dienone is 1. The fourth-order valence-corrected chi connectivity index (χ4v) is 3.28. The first-order valence-corrected chi connectivity index (χ1v) is 8.86. The fraction of sp³-hybridized carbons (Fsp3) is 0.294. The first-order valence-electron chi connectivity index (χ1n) is 7.98. The molecule has 1 unspecified atom stereocenters. The van der Waals surface area contributed by atoms with E-state index in [-0.39, 0.29) is 16.6 Å². The first kappa shape index (κ1) is 19.2. The van der Waals surface area contributed by atoms with Gasteiger partial charge in [-0.1, -0.05) is 35.1 Å². The van der Waals surface area contributed by atoms with E-state index >= 15 is 0 Å². The predicted molar refractivity (Wildman–Crippen MR) is 94.0 cm³/mol. The van der Waals surface area contributed by atoms with Gasteiger partial charge in [0.25, 0.3) is 0 Å². The van der Waals surface area contributed by atoms with Crippen molar-refractivity contribution in [1.29, 1.82) is 0 Å². The van der Waals surface area contributed by atoms with Crippen molar-refractivity contribution in [2.75, 3.05) is 0 Å². The van der Waals surface area contributed by atoms with Gasteiger partial charge in [-0.15, -0.1) is 16.8 Å². The third kappa shape index (κ3) is 4.21. The van der Waals surface area contributed by atoms with Crippen LogP contribution in [0.1, 0.15) is 29.5 Å². The minimum absolute atomic E-state index is 0.104. The Kier molecular flexibility index (Phi) is 5.36. The maximum atomic E-state index is 12.9. The van der Waals surface area contributed by atoms with Gasteiger partial charge in [0.05, 0.1) is 10.8 Å². The monoisotopic (exact) mass is 395 g/mol. The third-order valence-electron chi connectivity index (χ3n) is 3.73. The Bertz CT molecular complexity index is 950. The summed E-state index contributed by atoms with van der Waals surface area (Å²) in [7, 11) is 0. The molecular weight excluding hydrogens is 379 g/mol. The number of rotatable bonds is 6. The van der Waals surface area contributed by atoms with Crippen molar-refractivity contribution in [3.63, 3.8) is 0 Å². The Hall–Kier alpha value is -2.62. The molecule has 3 rings (SSSR count). The van der Waals surface area contributed by atoms with Crippen LogP contribution in [0.2, 0.25) is 0 Å². The van der Waals surface area contributed by atoms with Gasteiger partial charge in [0.15, 0.2) is 5.16 Å². The van der Waals surface area contributed by atoms with Crippen molar-refractivity contribution >= 4 is 11.8 Å². The number of thioether (sulfide) groups is 1. The number of aryl methyl sites for hydroxylation is 1. The summed E-state index contributed by atoms with van der Waals surface area (Å²) >= 11 is 1.37. The van der Waals surface area contributed by atoms with Crippen molar-refractivity contribution in [2.24, 2.45) is 0 Å². The highest BCUT2D eigenvalue weighted by Crippen LogP contribution is 2.35. The van der Waals surface area contributed by atoms with Crippen LogP contribution in [-0.2, 0) is 12.7 Å². The normalized spacial score (nSPS) is 12.9. The number of nitrogens with zero attached hydrogens (tertiary/aromatic N) is 5. The molecule has 0 aliphatic heterocycles. The van der Waals surface area contributed by atoms with Gasteiger partial charge < -0.3 is 9.09 Å². The fourth-order valence-electron chi connectivity index (χ4n) is 2.35. The van der Waals surface area contributed by atoms with E-state index in [1.54, 1.807) is 6.08 Å². The molecule has 142 valence electrons. The SMILES string of the molecule is C=CCn1c(C)nnc1SC(C)c1nc(-c2cccc(C(F)(F)F)c2)no1. The molecule has 0 aliphatic rings. The van der Waals surface area contributed by atoms with E-state index in [9.17, 15) is 13.2 Å². The molecule has 0 radical (unpaired) electrons. The molecule has 0 N–H and O–H groups in total. The second-order valence-corrected chi connectivity index (χ2v) is 7.03. The molecule has 0 bridgehead atoms. The standard InChI is InChI=1S/C17H16F3N5OS/c1-4-8-25-11(3)22-23-16(25)27-10(2)15-21-14(24-26-15)12-6-5-7-13(9-12)17(18,19)20/h4-7,9-10H,1,8H2,2-3H3. The largest absolute Gasteiger partial charge is 0.416 e. The molecule has 1 atom stereocenters. The van der Waals surface area contributed by atoms with E-state index in [1.807, 2.05) is 18.4 Å². The average Bonchev–Trinajstić information content (AvgIpc) is 3.24. The summed E-state index contributed by atoms with van der Waals surface area (Å²) in [6.45, 7) is 7.95. The van der Waals surface area contributed by atoms with Gasteiger partial charge in [0.1, 0.15) is 5.82 Å². The zero-order chi connectivity index (χ0) is 19.6. The molecule has 0 amide bonds. The number of aromatic nitrogens is 5. The topological polar surface area (TPSA) is 69.6 Å². The highest BCUT2D eigenvalue weighted by Gasteiger charge is 2.31. The zero-order valence-electron chi connectivity index (χ0n) is 14.6. The van der Waals surface area contributed by atoms with Crippen molar-refractivity contribution in [3.05, 3.63) is 54.2 Å². The number of hydrogen-bond acceptors (Lipinski definition) is 6.